The van der Waals surface area contributed by atoms with Gasteiger partial charge in [0, 0.05) is 29.2 Å². The van der Waals surface area contributed by atoms with Crippen LogP contribution >= 0.6 is 11.3 Å². The molecule has 11 nitrogen and oxygen atoms in total. The minimum absolute atomic E-state index is 0.0316. The predicted octanol–water partition coefficient (Wildman–Crippen LogP) is 2.28. The monoisotopic (exact) mass is 455 g/mol. The maximum atomic E-state index is 12.4. The van der Waals surface area contributed by atoms with E-state index in [1.54, 1.807) is 35.8 Å². The summed E-state index contributed by atoms with van der Waals surface area (Å²) in [5.74, 6) is 5.29. The van der Waals surface area contributed by atoms with Crippen LogP contribution in [0.4, 0.5) is 9.93 Å². The van der Waals surface area contributed by atoms with Crippen LogP contribution in [0.15, 0.2) is 35.8 Å². The minimum Gasteiger partial charge on any atom is -0.465 e. The average molecular weight is 456 g/mol. The molecular formula is C20H21N7O4S. The van der Waals surface area contributed by atoms with Crippen molar-refractivity contribution in [3.8, 4) is 11.3 Å². The maximum Gasteiger partial charge on any atom is 0.407 e. The van der Waals surface area contributed by atoms with Gasteiger partial charge < -0.3 is 16.7 Å². The fourth-order valence-electron chi connectivity index (χ4n) is 3.78. The number of amides is 3. The third-order valence-electron chi connectivity index (χ3n) is 5.29. The Balaban J connectivity index is 1.67. The molecule has 1 saturated heterocycles. The second-order valence-electron chi connectivity index (χ2n) is 7.26. The molecule has 1 aliphatic heterocycles. The van der Waals surface area contributed by atoms with Crippen LogP contribution in [0.1, 0.15) is 52.0 Å². The number of nitrogens with zero attached hydrogens (tertiary/aromatic N) is 4. The Morgan fingerprint density at radius 3 is 2.56 bits per heavy atom. The number of hydrogen-bond donors (Lipinski definition) is 4. The van der Waals surface area contributed by atoms with E-state index in [-0.39, 0.29) is 23.1 Å². The molecular weight excluding hydrogens is 434 g/mol. The number of nitrogen functional groups attached to an aromatic ring is 1. The van der Waals surface area contributed by atoms with Crippen LogP contribution in [-0.4, -0.2) is 49.1 Å². The first-order chi connectivity index (χ1) is 15.4. The van der Waals surface area contributed by atoms with Gasteiger partial charge in [-0.05, 0) is 31.4 Å². The summed E-state index contributed by atoms with van der Waals surface area (Å²) >= 11 is 1.30. The van der Waals surface area contributed by atoms with E-state index in [4.69, 9.17) is 11.6 Å². The Kier molecular flexibility index (Phi) is 5.77. The number of likely N-dealkylation sites (tertiary alicyclic amines) is 1. The quantitative estimate of drug-likeness (QED) is 0.428. The van der Waals surface area contributed by atoms with E-state index in [2.05, 4.69) is 15.3 Å². The maximum absolute atomic E-state index is 12.4. The van der Waals surface area contributed by atoms with Gasteiger partial charge in [0.1, 0.15) is 5.69 Å². The highest BCUT2D eigenvalue weighted by atomic mass is 32.1. The molecule has 12 heteroatoms. The third kappa shape index (κ3) is 3.99. The lowest BCUT2D eigenvalue weighted by molar-refractivity contribution is 0.0986. The highest BCUT2D eigenvalue weighted by Crippen LogP contribution is 2.33. The average Bonchev–Trinajstić information content (AvgIpc) is 3.41. The van der Waals surface area contributed by atoms with E-state index in [1.807, 2.05) is 0 Å². The zero-order valence-corrected chi connectivity index (χ0v) is 17.7. The van der Waals surface area contributed by atoms with Crippen molar-refractivity contribution in [2.24, 2.45) is 5.73 Å². The van der Waals surface area contributed by atoms with Crippen molar-refractivity contribution >= 4 is 34.4 Å². The number of thiazole rings is 1. The molecule has 3 amide bonds. The van der Waals surface area contributed by atoms with E-state index in [0.29, 0.717) is 29.2 Å². The number of carbonyl (C=O) groups excluding carboxylic acids is 2. The molecule has 1 atom stereocenters. The van der Waals surface area contributed by atoms with Crippen molar-refractivity contribution in [2.45, 2.75) is 25.3 Å². The highest BCUT2D eigenvalue weighted by Gasteiger charge is 2.34. The molecule has 1 fully saturated rings. The molecule has 1 aromatic carbocycles. The van der Waals surface area contributed by atoms with Gasteiger partial charge in [-0.15, -0.1) is 11.3 Å². The van der Waals surface area contributed by atoms with Crippen molar-refractivity contribution in [1.82, 2.24) is 19.5 Å². The van der Waals surface area contributed by atoms with Crippen LogP contribution in [0, 0.1) is 0 Å². The number of piperidine rings is 1. The number of nitrogens with two attached hydrogens (primary N) is 2. The van der Waals surface area contributed by atoms with E-state index in [0.717, 1.165) is 17.5 Å². The second-order valence-corrected chi connectivity index (χ2v) is 8.15. The summed E-state index contributed by atoms with van der Waals surface area (Å²) in [6.45, 7) is 0.358. The van der Waals surface area contributed by atoms with E-state index in [1.165, 1.54) is 16.2 Å². The fraction of sp³-hybridized carbons (Fsp3) is 0.250. The normalized spacial score (nSPS) is 16.0. The number of benzene rings is 1. The second kappa shape index (κ2) is 8.67. The Morgan fingerprint density at radius 2 is 1.94 bits per heavy atom. The Bertz CT molecular complexity index is 1160. The number of nitrogens with one attached hydrogen (secondary N) is 1. The number of primary amides is 1. The largest absolute Gasteiger partial charge is 0.465 e. The minimum atomic E-state index is -1.07. The smallest absolute Gasteiger partial charge is 0.407 e. The van der Waals surface area contributed by atoms with E-state index < -0.39 is 18.0 Å². The van der Waals surface area contributed by atoms with E-state index >= 15 is 0 Å². The number of imidazole rings is 1. The number of carbonyl (C=O) groups is 3. The molecule has 32 heavy (non-hydrogen) atoms. The van der Waals surface area contributed by atoms with Crippen molar-refractivity contribution in [3.63, 3.8) is 0 Å². The van der Waals surface area contributed by atoms with Crippen LogP contribution in [0.3, 0.4) is 0 Å². The van der Waals surface area contributed by atoms with Gasteiger partial charge in [0.2, 0.25) is 0 Å². The Morgan fingerprint density at radius 1 is 1.19 bits per heavy atom. The number of aromatic nitrogens is 3. The molecule has 3 heterocycles. The van der Waals surface area contributed by atoms with Crippen molar-refractivity contribution < 1.29 is 19.5 Å². The highest BCUT2D eigenvalue weighted by molar-refractivity contribution is 7.13. The first-order valence-corrected chi connectivity index (χ1v) is 10.7. The van der Waals surface area contributed by atoms with Crippen LogP contribution in [0.2, 0.25) is 0 Å². The van der Waals surface area contributed by atoms with Gasteiger partial charge >= 0.3 is 6.09 Å². The molecule has 0 unspecified atom stereocenters. The van der Waals surface area contributed by atoms with Gasteiger partial charge in [-0.1, -0.05) is 12.1 Å². The molecule has 0 bridgehead atoms. The van der Waals surface area contributed by atoms with Crippen molar-refractivity contribution in [2.75, 3.05) is 17.7 Å². The lowest BCUT2D eigenvalue weighted by atomic mass is 10.0. The van der Waals surface area contributed by atoms with E-state index in [9.17, 15) is 19.5 Å². The van der Waals surface area contributed by atoms with Gasteiger partial charge in [-0.2, -0.15) is 0 Å². The molecule has 0 radical (unpaired) electrons. The van der Waals surface area contributed by atoms with Gasteiger partial charge in [0.25, 0.3) is 11.8 Å². The molecule has 0 spiro atoms. The van der Waals surface area contributed by atoms with Crippen LogP contribution < -0.4 is 16.9 Å². The van der Waals surface area contributed by atoms with Crippen LogP contribution in [-0.2, 0) is 0 Å². The first-order valence-electron chi connectivity index (χ1n) is 9.85. The molecule has 3 aromatic rings. The molecule has 2 aromatic heterocycles. The number of rotatable bonds is 5. The SMILES string of the molecule is NC(=O)c1c(-c2ccc(C(=O)Nc3nccs3)cc2)nc([C@@H]2CCCCN2C(=O)O)n1N. The number of hydrogen-bond acceptors (Lipinski definition) is 7. The summed E-state index contributed by atoms with van der Waals surface area (Å²) in [5, 5.41) is 14.5. The third-order valence-corrected chi connectivity index (χ3v) is 5.98. The van der Waals surface area contributed by atoms with Gasteiger partial charge in [-0.3, -0.25) is 19.8 Å². The summed E-state index contributed by atoms with van der Waals surface area (Å²) in [6.07, 6.45) is 2.61. The van der Waals surface area contributed by atoms with Crippen LogP contribution in [0.5, 0.6) is 0 Å². The van der Waals surface area contributed by atoms with Gasteiger partial charge in [0.05, 0.1) is 6.04 Å². The predicted molar refractivity (Wildman–Crippen MR) is 118 cm³/mol. The number of carboxylic acid groups (broad SMARTS) is 1. The number of anilines is 1. The molecule has 6 N–H and O–H groups in total. The summed E-state index contributed by atoms with van der Waals surface area (Å²) in [6, 6.07) is 5.85. The lowest BCUT2D eigenvalue weighted by Crippen LogP contribution is -2.39. The van der Waals surface area contributed by atoms with Gasteiger partial charge in [-0.25, -0.2) is 19.4 Å². The standard InChI is InChI=1S/C20H21N7O4S/c21-16(28)15-14(24-17(27(15)22)13-3-1-2-9-26(13)20(30)31)11-4-6-12(7-5-11)18(29)25-19-23-8-10-32-19/h4-8,10,13H,1-3,9,22H2,(H2,21,28)(H,30,31)(H,23,25,29)/t13-/m0/s1. The lowest BCUT2D eigenvalue weighted by Gasteiger charge is -2.32. The molecule has 0 aliphatic carbocycles. The topological polar surface area (TPSA) is 169 Å². The molecule has 0 saturated carbocycles. The summed E-state index contributed by atoms with van der Waals surface area (Å²) in [4.78, 5) is 46.0. The zero-order valence-electron chi connectivity index (χ0n) is 16.9. The zero-order chi connectivity index (χ0) is 22.8. The Hall–Kier alpha value is -3.93. The van der Waals surface area contributed by atoms with Crippen molar-refractivity contribution in [3.05, 3.63) is 52.9 Å². The fourth-order valence-corrected chi connectivity index (χ4v) is 4.31. The van der Waals surface area contributed by atoms with Crippen LogP contribution in [0.25, 0.3) is 11.3 Å². The van der Waals surface area contributed by atoms with Crippen molar-refractivity contribution in [1.29, 1.82) is 0 Å². The summed E-state index contributed by atoms with van der Waals surface area (Å²) < 4.78 is 1.08. The summed E-state index contributed by atoms with van der Waals surface area (Å²) in [7, 11) is 0. The molecule has 4 rings (SSSR count). The van der Waals surface area contributed by atoms with Gasteiger partial charge in [0.15, 0.2) is 16.6 Å². The Labute approximate surface area is 186 Å². The first kappa shape index (κ1) is 21.3. The molecule has 166 valence electrons. The molecule has 1 aliphatic rings. The summed E-state index contributed by atoms with van der Waals surface area (Å²) in [5.41, 5.74) is 6.68.